The van der Waals surface area contributed by atoms with E-state index in [4.69, 9.17) is 0 Å². The van der Waals surface area contributed by atoms with Gasteiger partial charge in [0.05, 0.1) is 6.54 Å². The van der Waals surface area contributed by atoms with Crippen molar-refractivity contribution in [2.45, 2.75) is 39.2 Å². The number of carbonyl (C=O) groups excluding carboxylic acids is 3. The van der Waals surface area contributed by atoms with Gasteiger partial charge in [0.25, 0.3) is 5.91 Å². The third-order valence-corrected chi connectivity index (χ3v) is 5.61. The number of rotatable bonds is 12. The van der Waals surface area contributed by atoms with Crippen LogP contribution in [-0.4, -0.2) is 36.2 Å². The molecule has 0 aromatic heterocycles. The SMILES string of the molecule is CCCCCC(=O)Nc1cccc(NCC(=O)Nc2cccc(C(=O)N(C)Cc3ccccc3)c2)c1. The second-order valence-electron chi connectivity index (χ2n) is 8.72. The van der Waals surface area contributed by atoms with Gasteiger partial charge in [0.2, 0.25) is 11.8 Å². The molecule has 3 rings (SSSR count). The fourth-order valence-corrected chi connectivity index (χ4v) is 3.73. The molecule has 0 aliphatic rings. The molecule has 36 heavy (non-hydrogen) atoms. The van der Waals surface area contributed by atoms with Crippen LogP contribution >= 0.6 is 0 Å². The highest BCUT2D eigenvalue weighted by Gasteiger charge is 2.13. The lowest BCUT2D eigenvalue weighted by Crippen LogP contribution is -2.26. The minimum absolute atomic E-state index is 0.0119. The van der Waals surface area contributed by atoms with Gasteiger partial charge in [-0.15, -0.1) is 0 Å². The van der Waals surface area contributed by atoms with Gasteiger partial charge in [-0.25, -0.2) is 0 Å². The maximum Gasteiger partial charge on any atom is 0.253 e. The summed E-state index contributed by atoms with van der Waals surface area (Å²) in [5.74, 6) is -0.380. The Morgan fingerprint density at radius 1 is 0.750 bits per heavy atom. The number of benzene rings is 3. The van der Waals surface area contributed by atoms with Crippen LogP contribution in [0.4, 0.5) is 17.1 Å². The molecule has 7 heteroatoms. The van der Waals surface area contributed by atoms with Crippen LogP contribution < -0.4 is 16.0 Å². The van der Waals surface area contributed by atoms with Crippen molar-refractivity contribution in [1.82, 2.24) is 4.90 Å². The maximum atomic E-state index is 12.9. The smallest absolute Gasteiger partial charge is 0.253 e. The lowest BCUT2D eigenvalue weighted by molar-refractivity contribution is -0.116. The summed E-state index contributed by atoms with van der Waals surface area (Å²) in [4.78, 5) is 39.1. The Kier molecular flexibility index (Phi) is 10.1. The number of nitrogens with zero attached hydrogens (tertiary/aromatic N) is 1. The number of hydrogen-bond donors (Lipinski definition) is 3. The number of amides is 3. The van der Waals surface area contributed by atoms with Crippen LogP contribution in [0.25, 0.3) is 0 Å². The fourth-order valence-electron chi connectivity index (χ4n) is 3.73. The van der Waals surface area contributed by atoms with Gasteiger partial charge in [-0.2, -0.15) is 0 Å². The van der Waals surface area contributed by atoms with Crippen LogP contribution in [0, 0.1) is 0 Å². The number of anilines is 3. The van der Waals surface area contributed by atoms with Crippen LogP contribution in [0.2, 0.25) is 0 Å². The van der Waals surface area contributed by atoms with Gasteiger partial charge >= 0.3 is 0 Å². The Labute approximate surface area is 212 Å². The largest absolute Gasteiger partial charge is 0.376 e. The molecule has 3 aromatic carbocycles. The molecule has 0 aliphatic heterocycles. The molecule has 0 aliphatic carbocycles. The van der Waals surface area contributed by atoms with E-state index in [1.807, 2.05) is 48.5 Å². The normalized spacial score (nSPS) is 10.4. The van der Waals surface area contributed by atoms with Gasteiger partial charge in [-0.05, 0) is 48.4 Å². The molecule has 0 radical (unpaired) electrons. The van der Waals surface area contributed by atoms with Crippen molar-refractivity contribution in [3.05, 3.63) is 90.0 Å². The average Bonchev–Trinajstić information content (AvgIpc) is 2.88. The van der Waals surface area contributed by atoms with Crippen molar-refractivity contribution in [3.63, 3.8) is 0 Å². The van der Waals surface area contributed by atoms with Crippen LogP contribution in [0.3, 0.4) is 0 Å². The predicted molar refractivity (Wildman–Crippen MR) is 145 cm³/mol. The van der Waals surface area contributed by atoms with Crippen molar-refractivity contribution >= 4 is 34.8 Å². The van der Waals surface area contributed by atoms with Gasteiger partial charge in [-0.1, -0.05) is 62.2 Å². The predicted octanol–water partition coefficient (Wildman–Crippen LogP) is 5.53. The molecule has 0 spiro atoms. The van der Waals surface area contributed by atoms with E-state index >= 15 is 0 Å². The third kappa shape index (κ3) is 8.58. The average molecular weight is 487 g/mol. The molecule has 3 aromatic rings. The molecule has 0 heterocycles. The second-order valence-corrected chi connectivity index (χ2v) is 8.72. The Hall–Kier alpha value is -4.13. The molecule has 0 unspecified atom stereocenters. The van der Waals surface area contributed by atoms with Crippen molar-refractivity contribution in [2.24, 2.45) is 0 Å². The van der Waals surface area contributed by atoms with E-state index in [0.717, 1.165) is 30.5 Å². The van der Waals surface area contributed by atoms with E-state index in [1.54, 1.807) is 42.3 Å². The lowest BCUT2D eigenvalue weighted by atomic mass is 10.1. The maximum absolute atomic E-state index is 12.9. The highest BCUT2D eigenvalue weighted by atomic mass is 16.2. The number of carbonyl (C=O) groups is 3. The molecule has 3 amide bonds. The summed E-state index contributed by atoms with van der Waals surface area (Å²) in [6, 6.07) is 24.0. The number of nitrogens with one attached hydrogen (secondary N) is 3. The first kappa shape index (κ1) is 26.5. The Morgan fingerprint density at radius 2 is 1.42 bits per heavy atom. The van der Waals surface area contributed by atoms with Crippen molar-refractivity contribution < 1.29 is 14.4 Å². The molecule has 188 valence electrons. The summed E-state index contributed by atoms with van der Waals surface area (Å²) in [6.45, 7) is 2.64. The minimum Gasteiger partial charge on any atom is -0.376 e. The van der Waals surface area contributed by atoms with E-state index in [-0.39, 0.29) is 24.3 Å². The molecular formula is C29H34N4O3. The van der Waals surface area contributed by atoms with E-state index in [1.165, 1.54) is 0 Å². The number of hydrogen-bond acceptors (Lipinski definition) is 4. The molecule has 0 saturated carbocycles. The first-order chi connectivity index (χ1) is 17.4. The van der Waals surface area contributed by atoms with Gasteiger partial charge in [0.1, 0.15) is 0 Å². The fraction of sp³-hybridized carbons (Fsp3) is 0.276. The lowest BCUT2D eigenvalue weighted by Gasteiger charge is -2.18. The Balaban J connectivity index is 1.51. The van der Waals surface area contributed by atoms with Crippen molar-refractivity contribution in [3.8, 4) is 0 Å². The summed E-state index contributed by atoms with van der Waals surface area (Å²) in [6.07, 6.45) is 3.47. The molecule has 7 nitrogen and oxygen atoms in total. The second kappa shape index (κ2) is 13.7. The first-order valence-corrected chi connectivity index (χ1v) is 12.3. The van der Waals surface area contributed by atoms with E-state index < -0.39 is 0 Å². The van der Waals surface area contributed by atoms with Crippen molar-refractivity contribution in [1.29, 1.82) is 0 Å². The third-order valence-electron chi connectivity index (χ3n) is 5.61. The van der Waals surface area contributed by atoms with E-state index in [2.05, 4.69) is 22.9 Å². The van der Waals surface area contributed by atoms with Gasteiger partial charge < -0.3 is 20.9 Å². The quantitative estimate of drug-likeness (QED) is 0.294. The summed E-state index contributed by atoms with van der Waals surface area (Å²) < 4.78 is 0. The van der Waals surface area contributed by atoms with Crippen LogP contribution in [-0.2, 0) is 16.1 Å². The first-order valence-electron chi connectivity index (χ1n) is 12.3. The van der Waals surface area contributed by atoms with E-state index in [0.29, 0.717) is 29.9 Å². The zero-order valence-electron chi connectivity index (χ0n) is 20.9. The minimum atomic E-state index is -0.244. The van der Waals surface area contributed by atoms with Crippen LogP contribution in [0.1, 0.15) is 48.5 Å². The molecule has 0 bridgehead atoms. The van der Waals surface area contributed by atoms with Crippen LogP contribution in [0.5, 0.6) is 0 Å². The highest BCUT2D eigenvalue weighted by molar-refractivity contribution is 5.98. The van der Waals surface area contributed by atoms with Gasteiger partial charge in [-0.3, -0.25) is 14.4 Å². The molecule has 0 saturated heterocycles. The summed E-state index contributed by atoms with van der Waals surface area (Å²) in [5, 5.41) is 8.80. The molecule has 0 fully saturated rings. The standard InChI is InChI=1S/C29H34N4O3/c1-3-4-6-17-27(34)31-26-16-10-14-24(19-26)30-20-28(35)32-25-15-9-13-23(18-25)29(36)33(2)21-22-11-7-5-8-12-22/h5,7-16,18-19,30H,3-4,6,17,20-21H2,1-2H3,(H,31,34)(H,32,35). The van der Waals surface area contributed by atoms with Crippen molar-refractivity contribution in [2.75, 3.05) is 29.5 Å². The summed E-state index contributed by atoms with van der Waals surface area (Å²) in [7, 11) is 1.76. The summed E-state index contributed by atoms with van der Waals surface area (Å²) >= 11 is 0. The van der Waals surface area contributed by atoms with E-state index in [9.17, 15) is 14.4 Å². The van der Waals surface area contributed by atoms with Crippen LogP contribution in [0.15, 0.2) is 78.9 Å². The van der Waals surface area contributed by atoms with Gasteiger partial charge in [0, 0.05) is 42.6 Å². The Morgan fingerprint density at radius 3 is 2.17 bits per heavy atom. The molecule has 3 N–H and O–H groups in total. The molecule has 0 atom stereocenters. The highest BCUT2D eigenvalue weighted by Crippen LogP contribution is 2.17. The molecular weight excluding hydrogens is 452 g/mol. The zero-order valence-corrected chi connectivity index (χ0v) is 20.9. The monoisotopic (exact) mass is 486 g/mol. The zero-order chi connectivity index (χ0) is 25.8. The van der Waals surface area contributed by atoms with Gasteiger partial charge in [0.15, 0.2) is 0 Å². The number of unbranched alkanes of at least 4 members (excludes halogenated alkanes) is 2. The Bertz CT molecular complexity index is 1160. The summed E-state index contributed by atoms with van der Waals surface area (Å²) in [5.41, 5.74) is 3.51. The topological polar surface area (TPSA) is 90.5 Å².